The third-order valence-corrected chi connectivity index (χ3v) is 11.5. The van der Waals surface area contributed by atoms with Gasteiger partial charge in [-0.3, -0.25) is 4.57 Å². The molecule has 3 unspecified atom stereocenters. The van der Waals surface area contributed by atoms with Crippen molar-refractivity contribution in [3.8, 4) is 11.5 Å². The van der Waals surface area contributed by atoms with E-state index >= 15 is 0 Å². The largest absolute Gasteiger partial charge is 0.527 e. The molecule has 0 aliphatic carbocycles. The third kappa shape index (κ3) is 11.3. The number of ether oxygens (including phenoxy) is 5. The maximum absolute atomic E-state index is 14.2. The molecule has 0 saturated carbocycles. The summed E-state index contributed by atoms with van der Waals surface area (Å²) in [6.45, 7) is 13.0. The van der Waals surface area contributed by atoms with E-state index in [4.69, 9.17) is 51.4 Å². The van der Waals surface area contributed by atoms with Crippen molar-refractivity contribution in [2.75, 3.05) is 27.5 Å². The Hall–Kier alpha value is -1.86. The molecular formula is C40H49Cl2NO7PU-. The average molecular weight is 996 g/mol. The first-order valence-electron chi connectivity index (χ1n) is 16.9. The Bertz CT molecular complexity index is 1640. The van der Waals surface area contributed by atoms with Crippen molar-refractivity contribution in [1.29, 1.82) is 0 Å². The van der Waals surface area contributed by atoms with Gasteiger partial charge in [0.05, 0.1) is 27.4 Å². The SMILES string of the molecule is COc1ccc(C(OC([CH-]OC(C)OCc2c(Cl)cccc2Cl)COP(C)(=O)N(C(C)C)C(C)C)(c2ccccc2)c2ccc(OC)cc2)cc1.[U]. The fourth-order valence-corrected chi connectivity index (χ4v) is 8.92. The second-order valence-corrected chi connectivity index (χ2v) is 15.8. The molecule has 280 valence electrons. The molecule has 0 aliphatic heterocycles. The minimum Gasteiger partial charge on any atom is -0.527 e. The Labute approximate surface area is 343 Å². The molecule has 4 aromatic carbocycles. The van der Waals surface area contributed by atoms with E-state index in [2.05, 4.69) is 0 Å². The number of halogens is 2. The molecule has 3 atom stereocenters. The van der Waals surface area contributed by atoms with Gasteiger partial charge in [0, 0.05) is 65.5 Å². The third-order valence-electron chi connectivity index (χ3n) is 8.40. The van der Waals surface area contributed by atoms with Crippen LogP contribution >= 0.6 is 30.7 Å². The minimum atomic E-state index is -3.30. The predicted molar refractivity (Wildman–Crippen MR) is 205 cm³/mol. The standard InChI is InChI=1S/C40H49Cl2NO7P.U/c1-28(2)43(29(3)4)51(8,44)49-26-36(25-47-30(5)48-27-37-38(41)15-12-16-39(37)42)50-40(31-13-10-9-11-14-31,32-17-21-34(45-6)22-18-32)33-19-23-35(46-7)24-20-33;/h9-25,28-30,36H,26-27H2,1-8H3;/q-1;. The molecule has 0 bridgehead atoms. The molecule has 0 heterocycles. The smallest absolute Gasteiger partial charge is 0.269 e. The summed E-state index contributed by atoms with van der Waals surface area (Å²) >= 11 is 12.8. The Morgan fingerprint density at radius 3 is 1.67 bits per heavy atom. The molecule has 0 radical (unpaired) electrons. The molecule has 0 N–H and O–H groups in total. The van der Waals surface area contributed by atoms with E-state index < -0.39 is 25.5 Å². The Kier molecular flexibility index (Phi) is 17.7. The van der Waals surface area contributed by atoms with Gasteiger partial charge >= 0.3 is 0 Å². The van der Waals surface area contributed by atoms with Gasteiger partial charge in [0.2, 0.25) is 0 Å². The Morgan fingerprint density at radius 2 is 1.21 bits per heavy atom. The van der Waals surface area contributed by atoms with Gasteiger partial charge in [0.25, 0.3) is 7.52 Å². The fourth-order valence-electron chi connectivity index (χ4n) is 6.18. The summed E-state index contributed by atoms with van der Waals surface area (Å²) in [4.78, 5) is 0. The number of rotatable bonds is 19. The van der Waals surface area contributed by atoms with Gasteiger partial charge in [-0.2, -0.15) is 6.61 Å². The van der Waals surface area contributed by atoms with Crippen LogP contribution in [0.5, 0.6) is 11.5 Å². The van der Waals surface area contributed by atoms with Crippen LogP contribution in [0, 0.1) is 37.7 Å². The van der Waals surface area contributed by atoms with Gasteiger partial charge in [-0.1, -0.05) is 83.9 Å². The molecule has 0 fully saturated rings. The summed E-state index contributed by atoms with van der Waals surface area (Å²) in [6, 6.07) is 30.6. The van der Waals surface area contributed by atoms with E-state index in [1.165, 1.54) is 0 Å². The van der Waals surface area contributed by atoms with E-state index in [1.807, 2.05) is 111 Å². The molecule has 12 heteroatoms. The van der Waals surface area contributed by atoms with Crippen LogP contribution in [-0.2, 0) is 35.5 Å². The molecule has 8 nitrogen and oxygen atoms in total. The van der Waals surface area contributed by atoms with Gasteiger partial charge in [0.1, 0.15) is 23.4 Å². The minimum absolute atomic E-state index is 0. The quantitative estimate of drug-likeness (QED) is 0.0398. The summed E-state index contributed by atoms with van der Waals surface area (Å²) in [6.07, 6.45) is -1.59. The first-order chi connectivity index (χ1) is 24.3. The zero-order valence-electron chi connectivity index (χ0n) is 31.0. The topological polar surface area (TPSA) is 75.7 Å². The Morgan fingerprint density at radius 1 is 0.731 bits per heavy atom. The monoisotopic (exact) mass is 994 g/mol. The molecule has 4 aromatic rings. The van der Waals surface area contributed by atoms with E-state index in [0.29, 0.717) is 27.1 Å². The van der Waals surface area contributed by atoms with Gasteiger partial charge in [-0.15, -0.1) is 0 Å². The van der Waals surface area contributed by atoms with Crippen LogP contribution in [0.3, 0.4) is 0 Å². The maximum Gasteiger partial charge on any atom is 0.269 e. The van der Waals surface area contributed by atoms with Crippen LogP contribution in [-0.4, -0.2) is 56.6 Å². The van der Waals surface area contributed by atoms with Crippen LogP contribution < -0.4 is 9.47 Å². The molecule has 0 saturated heterocycles. The molecule has 0 spiro atoms. The van der Waals surface area contributed by atoms with Crippen molar-refractivity contribution in [3.05, 3.63) is 136 Å². The van der Waals surface area contributed by atoms with Gasteiger partial charge in [0.15, 0.2) is 0 Å². The van der Waals surface area contributed by atoms with Crippen LogP contribution in [0.15, 0.2) is 97.1 Å². The molecule has 0 amide bonds. The second kappa shape index (κ2) is 20.7. The average Bonchev–Trinajstić information content (AvgIpc) is 3.11. The first-order valence-corrected chi connectivity index (χ1v) is 19.7. The number of hydrogen-bond acceptors (Lipinski definition) is 7. The predicted octanol–water partition coefficient (Wildman–Crippen LogP) is 10.4. The zero-order valence-corrected chi connectivity index (χ0v) is 37.6. The van der Waals surface area contributed by atoms with Crippen LogP contribution in [0.4, 0.5) is 0 Å². The van der Waals surface area contributed by atoms with Crippen LogP contribution in [0.1, 0.15) is 56.9 Å². The fraction of sp³-hybridized carbons (Fsp3) is 0.375. The maximum atomic E-state index is 14.2. The van der Waals surface area contributed by atoms with E-state index in [9.17, 15) is 4.57 Å². The van der Waals surface area contributed by atoms with Crippen molar-refractivity contribution in [2.24, 2.45) is 0 Å². The summed E-state index contributed by atoms with van der Waals surface area (Å²) in [5.41, 5.74) is 1.95. The van der Waals surface area contributed by atoms with Gasteiger partial charge < -0.3 is 28.2 Å². The molecule has 4 rings (SSSR count). The van der Waals surface area contributed by atoms with E-state index in [-0.39, 0.29) is 56.4 Å². The van der Waals surface area contributed by atoms with Gasteiger partial charge in [-0.05, 0) is 93.8 Å². The van der Waals surface area contributed by atoms with Crippen molar-refractivity contribution < 1.29 is 63.9 Å². The van der Waals surface area contributed by atoms with Crippen molar-refractivity contribution in [2.45, 2.75) is 71.3 Å². The zero-order chi connectivity index (χ0) is 37.2. The normalized spacial score (nSPS) is 14.2. The number of hydrogen-bond donors (Lipinski definition) is 0. The summed E-state index contributed by atoms with van der Waals surface area (Å²) in [5.74, 6) is 1.40. The first kappa shape index (κ1) is 44.5. The van der Waals surface area contributed by atoms with Crippen molar-refractivity contribution in [1.82, 2.24) is 4.67 Å². The second-order valence-electron chi connectivity index (χ2n) is 12.7. The number of nitrogens with zero attached hydrogens (tertiary/aromatic N) is 1. The molecular weight excluding hydrogens is 946 g/mol. The Balaban J connectivity index is 0.00000729. The summed E-state index contributed by atoms with van der Waals surface area (Å²) < 4.78 is 52.9. The summed E-state index contributed by atoms with van der Waals surface area (Å²) in [5, 5.41) is 0.997. The molecule has 0 aliphatic rings. The molecule has 52 heavy (non-hydrogen) atoms. The van der Waals surface area contributed by atoms with Gasteiger partial charge in [-0.25, -0.2) is 4.67 Å². The number of benzene rings is 4. The number of methoxy groups -OCH3 is 2. The molecule has 0 aromatic heterocycles. The summed E-state index contributed by atoms with van der Waals surface area (Å²) in [7, 11) is -0.0434. The van der Waals surface area contributed by atoms with Crippen molar-refractivity contribution >= 4 is 30.7 Å². The van der Waals surface area contributed by atoms with Crippen molar-refractivity contribution in [3.63, 3.8) is 0 Å². The van der Waals surface area contributed by atoms with Crippen LogP contribution in [0.25, 0.3) is 0 Å². The van der Waals surface area contributed by atoms with E-state index in [1.54, 1.807) is 52.6 Å². The van der Waals surface area contributed by atoms with Crippen LogP contribution in [0.2, 0.25) is 10.0 Å². The van der Waals surface area contributed by atoms with E-state index in [0.717, 1.165) is 16.7 Å².